The Morgan fingerprint density at radius 2 is 2.32 bits per heavy atom. The van der Waals surface area contributed by atoms with Crippen molar-refractivity contribution >= 4 is 21.8 Å². The van der Waals surface area contributed by atoms with Gasteiger partial charge in [0.2, 0.25) is 5.91 Å². The maximum absolute atomic E-state index is 12.0. The summed E-state index contributed by atoms with van der Waals surface area (Å²) in [5.74, 6) is 0.703. The molecule has 0 bridgehead atoms. The van der Waals surface area contributed by atoms with Crippen molar-refractivity contribution < 1.29 is 9.53 Å². The van der Waals surface area contributed by atoms with Crippen LogP contribution >= 0.6 is 15.9 Å². The van der Waals surface area contributed by atoms with E-state index >= 15 is 0 Å². The van der Waals surface area contributed by atoms with Crippen LogP contribution in [0.25, 0.3) is 0 Å². The molecule has 1 saturated heterocycles. The lowest BCUT2D eigenvalue weighted by Crippen LogP contribution is -2.44. The monoisotopic (exact) mass is 327 g/mol. The smallest absolute Gasteiger partial charge is 0.225 e. The maximum Gasteiger partial charge on any atom is 0.225 e. The van der Waals surface area contributed by atoms with Crippen molar-refractivity contribution in [2.45, 2.75) is 32.0 Å². The molecule has 1 amide bonds. The standard InChI is InChI=1S/C13H18BrN3O2/c1-8-5-12(17-16-8)15-13(18)7-9-6-10(14)3-4-11(9)19-2/h3-4,6,8,12,16-17H,5,7H2,1-2H3,(H,15,18). The van der Waals surface area contributed by atoms with Crippen molar-refractivity contribution in [2.75, 3.05) is 7.11 Å². The zero-order valence-corrected chi connectivity index (χ0v) is 12.6. The van der Waals surface area contributed by atoms with Crippen molar-refractivity contribution in [3.63, 3.8) is 0 Å². The first-order chi connectivity index (χ1) is 9.08. The summed E-state index contributed by atoms with van der Waals surface area (Å²) in [7, 11) is 1.61. The fraction of sp³-hybridized carbons (Fsp3) is 0.462. The third-order valence-electron chi connectivity index (χ3n) is 3.02. The summed E-state index contributed by atoms with van der Waals surface area (Å²) >= 11 is 3.40. The van der Waals surface area contributed by atoms with E-state index in [2.05, 4.69) is 39.0 Å². The van der Waals surface area contributed by atoms with Crippen molar-refractivity contribution in [2.24, 2.45) is 0 Å². The van der Waals surface area contributed by atoms with Gasteiger partial charge in [0.1, 0.15) is 5.75 Å². The molecule has 0 aromatic heterocycles. The number of hydrogen-bond donors (Lipinski definition) is 3. The molecule has 5 nitrogen and oxygen atoms in total. The normalized spacial score (nSPS) is 22.3. The Kier molecular flexibility index (Phi) is 4.79. The third-order valence-corrected chi connectivity index (χ3v) is 3.52. The summed E-state index contributed by atoms with van der Waals surface area (Å²) in [4.78, 5) is 12.0. The molecule has 1 fully saturated rings. The number of rotatable bonds is 4. The molecule has 2 atom stereocenters. The number of hydrogen-bond acceptors (Lipinski definition) is 4. The lowest BCUT2D eigenvalue weighted by molar-refractivity contribution is -0.121. The van der Waals surface area contributed by atoms with Crippen molar-refractivity contribution in [1.29, 1.82) is 0 Å². The quantitative estimate of drug-likeness (QED) is 0.780. The number of halogens is 1. The molecule has 0 radical (unpaired) electrons. The topological polar surface area (TPSA) is 62.4 Å². The van der Waals surface area contributed by atoms with Gasteiger partial charge in [0, 0.05) is 16.1 Å². The van der Waals surface area contributed by atoms with Gasteiger partial charge in [-0.2, -0.15) is 0 Å². The van der Waals surface area contributed by atoms with Crippen molar-refractivity contribution in [1.82, 2.24) is 16.2 Å². The fourth-order valence-corrected chi connectivity index (χ4v) is 2.52. The Balaban J connectivity index is 1.96. The Bertz CT molecular complexity index is 467. The maximum atomic E-state index is 12.0. The van der Waals surface area contributed by atoms with Crippen LogP contribution in [0.5, 0.6) is 5.75 Å². The van der Waals surface area contributed by atoms with Crippen LogP contribution in [0.3, 0.4) is 0 Å². The highest BCUT2D eigenvalue weighted by Crippen LogP contribution is 2.23. The molecule has 19 heavy (non-hydrogen) atoms. The second-order valence-corrected chi connectivity index (χ2v) is 5.59. The van der Waals surface area contributed by atoms with Gasteiger partial charge in [-0.25, -0.2) is 5.43 Å². The first-order valence-corrected chi connectivity index (χ1v) is 7.00. The molecule has 2 unspecified atom stereocenters. The zero-order chi connectivity index (χ0) is 13.8. The van der Waals surface area contributed by atoms with Crippen molar-refractivity contribution in [3.8, 4) is 5.75 Å². The van der Waals surface area contributed by atoms with Gasteiger partial charge in [0.15, 0.2) is 0 Å². The van der Waals surface area contributed by atoms with Crippen LogP contribution in [0.15, 0.2) is 22.7 Å². The minimum absolute atomic E-state index is 0.0133. The van der Waals surface area contributed by atoms with Gasteiger partial charge >= 0.3 is 0 Å². The van der Waals surface area contributed by atoms with E-state index in [-0.39, 0.29) is 12.1 Å². The molecule has 0 aliphatic carbocycles. The molecule has 1 aliphatic heterocycles. The van der Waals surface area contributed by atoms with E-state index in [1.165, 1.54) is 0 Å². The first-order valence-electron chi connectivity index (χ1n) is 6.21. The van der Waals surface area contributed by atoms with E-state index in [1.807, 2.05) is 18.2 Å². The molecule has 1 aromatic rings. The molecular formula is C13H18BrN3O2. The molecular weight excluding hydrogens is 310 g/mol. The number of methoxy groups -OCH3 is 1. The molecule has 0 saturated carbocycles. The van der Waals surface area contributed by atoms with Gasteiger partial charge in [-0.1, -0.05) is 15.9 Å². The Morgan fingerprint density at radius 1 is 1.53 bits per heavy atom. The van der Waals surface area contributed by atoms with Crippen LogP contribution in [0, 0.1) is 0 Å². The zero-order valence-electron chi connectivity index (χ0n) is 11.0. The number of ether oxygens (including phenoxy) is 1. The molecule has 2 rings (SSSR count). The van der Waals surface area contributed by atoms with Gasteiger partial charge in [0.25, 0.3) is 0 Å². The van der Waals surface area contributed by atoms with E-state index in [4.69, 9.17) is 4.74 Å². The predicted octanol–water partition coefficient (Wildman–Crippen LogP) is 1.33. The van der Waals surface area contributed by atoms with Crippen LogP contribution in [-0.4, -0.2) is 25.2 Å². The third kappa shape index (κ3) is 3.92. The minimum atomic E-state index is -0.0233. The second kappa shape index (κ2) is 6.36. The van der Waals surface area contributed by atoms with E-state index < -0.39 is 0 Å². The Hall–Kier alpha value is -1.11. The molecule has 3 N–H and O–H groups in total. The summed E-state index contributed by atoms with van der Waals surface area (Å²) in [6, 6.07) is 6.02. The summed E-state index contributed by atoms with van der Waals surface area (Å²) < 4.78 is 6.19. The summed E-state index contributed by atoms with van der Waals surface area (Å²) in [6.07, 6.45) is 1.16. The number of hydrazine groups is 1. The molecule has 0 spiro atoms. The predicted molar refractivity (Wildman–Crippen MR) is 76.7 cm³/mol. The van der Waals surface area contributed by atoms with Crippen LogP contribution in [0.4, 0.5) is 0 Å². The van der Waals surface area contributed by atoms with E-state index in [9.17, 15) is 4.79 Å². The summed E-state index contributed by atoms with van der Waals surface area (Å²) in [6.45, 7) is 2.07. The number of carbonyl (C=O) groups is 1. The minimum Gasteiger partial charge on any atom is -0.496 e. The lowest BCUT2D eigenvalue weighted by atomic mass is 10.1. The van der Waals surface area contributed by atoms with Crippen molar-refractivity contribution in [3.05, 3.63) is 28.2 Å². The molecule has 104 valence electrons. The summed E-state index contributed by atoms with van der Waals surface area (Å²) in [5, 5.41) is 2.95. The Morgan fingerprint density at radius 3 is 2.95 bits per heavy atom. The number of benzene rings is 1. The van der Waals surface area contributed by atoms with Gasteiger partial charge in [-0.05, 0) is 31.5 Å². The molecule has 6 heteroatoms. The van der Waals surface area contributed by atoms with Gasteiger partial charge in [-0.3, -0.25) is 10.2 Å². The average molecular weight is 328 g/mol. The van der Waals surface area contributed by atoms with Gasteiger partial charge in [-0.15, -0.1) is 0 Å². The molecule has 1 aliphatic rings. The molecule has 1 aromatic carbocycles. The van der Waals surface area contributed by atoms with Crippen LogP contribution in [0.1, 0.15) is 18.9 Å². The highest BCUT2D eigenvalue weighted by atomic mass is 79.9. The highest BCUT2D eigenvalue weighted by molar-refractivity contribution is 9.10. The summed E-state index contributed by atoms with van der Waals surface area (Å²) in [5.41, 5.74) is 6.98. The number of nitrogens with one attached hydrogen (secondary N) is 3. The number of amides is 1. The lowest BCUT2D eigenvalue weighted by Gasteiger charge is -2.13. The SMILES string of the molecule is COc1ccc(Br)cc1CC(=O)NC1CC(C)NN1. The van der Waals surface area contributed by atoms with Crippen LogP contribution in [0.2, 0.25) is 0 Å². The fourth-order valence-electron chi connectivity index (χ4n) is 2.11. The van der Waals surface area contributed by atoms with Gasteiger partial charge in [0.05, 0.1) is 19.7 Å². The second-order valence-electron chi connectivity index (χ2n) is 4.68. The van der Waals surface area contributed by atoms with Crippen LogP contribution in [-0.2, 0) is 11.2 Å². The molecule has 1 heterocycles. The highest BCUT2D eigenvalue weighted by Gasteiger charge is 2.21. The van der Waals surface area contributed by atoms with E-state index in [0.717, 1.165) is 22.2 Å². The van der Waals surface area contributed by atoms with E-state index in [0.29, 0.717) is 12.5 Å². The van der Waals surface area contributed by atoms with Crippen LogP contribution < -0.4 is 20.9 Å². The number of carbonyl (C=O) groups excluding carboxylic acids is 1. The first kappa shape index (κ1) is 14.3. The van der Waals surface area contributed by atoms with Gasteiger partial charge < -0.3 is 10.1 Å². The largest absolute Gasteiger partial charge is 0.496 e. The van der Waals surface area contributed by atoms with E-state index in [1.54, 1.807) is 7.11 Å². The average Bonchev–Trinajstić information content (AvgIpc) is 2.75. The Labute approximate surface area is 121 Å².